The fourth-order valence-electron chi connectivity index (χ4n) is 2.88. The maximum absolute atomic E-state index is 9.31. The Hall–Kier alpha value is -3.79. The molecule has 3 heterocycles. The fourth-order valence-corrected chi connectivity index (χ4v) is 2.88. The summed E-state index contributed by atoms with van der Waals surface area (Å²) in [5, 5.41) is 14.7. The molecule has 0 aliphatic rings. The number of nitrogens with two attached hydrogens (primary N) is 1. The molecule has 1 aromatic carbocycles. The van der Waals surface area contributed by atoms with Crippen LogP contribution in [-0.4, -0.2) is 24.7 Å². The summed E-state index contributed by atoms with van der Waals surface area (Å²) in [6.07, 6.45) is 3.61. The first kappa shape index (κ1) is 15.7. The van der Waals surface area contributed by atoms with E-state index in [2.05, 4.69) is 20.1 Å². The number of nitrogen functional groups attached to an aromatic ring is 1. The highest BCUT2D eigenvalue weighted by molar-refractivity contribution is 5.89. The molecule has 126 valence electrons. The van der Waals surface area contributed by atoms with E-state index in [1.807, 2.05) is 56.6 Å². The summed E-state index contributed by atoms with van der Waals surface area (Å²) in [7, 11) is 1.83. The Balaban J connectivity index is 2.01. The van der Waals surface area contributed by atoms with Crippen LogP contribution >= 0.6 is 0 Å². The van der Waals surface area contributed by atoms with Crippen molar-refractivity contribution < 1.29 is 0 Å². The maximum Gasteiger partial charge on any atom is 0.183 e. The van der Waals surface area contributed by atoms with Gasteiger partial charge in [-0.05, 0) is 36.8 Å². The molecule has 0 amide bonds. The van der Waals surface area contributed by atoms with Gasteiger partial charge in [0, 0.05) is 30.4 Å². The first-order chi connectivity index (χ1) is 12.6. The van der Waals surface area contributed by atoms with Crippen molar-refractivity contribution in [3.63, 3.8) is 0 Å². The lowest BCUT2D eigenvalue weighted by Crippen LogP contribution is -2.04. The van der Waals surface area contributed by atoms with Gasteiger partial charge in [-0.2, -0.15) is 10.4 Å². The van der Waals surface area contributed by atoms with Crippen molar-refractivity contribution >= 4 is 16.7 Å². The van der Waals surface area contributed by atoms with E-state index in [4.69, 9.17) is 5.73 Å². The van der Waals surface area contributed by atoms with E-state index in [-0.39, 0.29) is 11.5 Å². The standard InChI is InChI=1S/C19H15N7/c1-11-5-7-22-14-4-3-12(9-13(11)14)17-18(15-6-8-26(2)25-15)24-19(21)16(10-20)23-17/h3-9H,1-2H3,(H2,21,24). The highest BCUT2D eigenvalue weighted by atomic mass is 15.3. The first-order valence-corrected chi connectivity index (χ1v) is 8.00. The molecule has 0 bridgehead atoms. The van der Waals surface area contributed by atoms with Crippen LogP contribution in [-0.2, 0) is 7.05 Å². The van der Waals surface area contributed by atoms with Gasteiger partial charge in [-0.1, -0.05) is 6.07 Å². The minimum absolute atomic E-state index is 0.0931. The van der Waals surface area contributed by atoms with Gasteiger partial charge in [0.2, 0.25) is 0 Å². The molecule has 0 radical (unpaired) electrons. The quantitative estimate of drug-likeness (QED) is 0.601. The van der Waals surface area contributed by atoms with E-state index in [1.165, 1.54) is 0 Å². The molecule has 7 heteroatoms. The second-order valence-electron chi connectivity index (χ2n) is 6.00. The molecule has 7 nitrogen and oxygen atoms in total. The Labute approximate surface area is 149 Å². The molecule has 0 unspecified atom stereocenters. The molecular formula is C19H15N7. The smallest absolute Gasteiger partial charge is 0.183 e. The molecule has 4 aromatic rings. The van der Waals surface area contributed by atoms with Gasteiger partial charge >= 0.3 is 0 Å². The first-order valence-electron chi connectivity index (χ1n) is 8.00. The Kier molecular flexibility index (Phi) is 3.59. The molecule has 4 rings (SSSR count). The molecule has 0 aliphatic carbocycles. The normalized spacial score (nSPS) is 10.8. The van der Waals surface area contributed by atoms with Gasteiger partial charge in [0.15, 0.2) is 11.5 Å². The Bertz CT molecular complexity index is 1180. The number of pyridine rings is 1. The summed E-state index contributed by atoms with van der Waals surface area (Å²) in [5.41, 5.74) is 10.6. The average Bonchev–Trinajstić information content (AvgIpc) is 3.08. The van der Waals surface area contributed by atoms with Crippen LogP contribution in [0.15, 0.2) is 42.7 Å². The van der Waals surface area contributed by atoms with Crippen molar-refractivity contribution in [2.75, 3.05) is 5.73 Å². The van der Waals surface area contributed by atoms with Crippen LogP contribution in [0.1, 0.15) is 11.3 Å². The van der Waals surface area contributed by atoms with Gasteiger partial charge in [-0.3, -0.25) is 9.67 Å². The summed E-state index contributed by atoms with van der Waals surface area (Å²) >= 11 is 0. The van der Waals surface area contributed by atoms with Crippen LogP contribution in [0.3, 0.4) is 0 Å². The fraction of sp³-hybridized carbons (Fsp3) is 0.105. The van der Waals surface area contributed by atoms with Gasteiger partial charge in [-0.25, -0.2) is 9.97 Å². The highest BCUT2D eigenvalue weighted by Crippen LogP contribution is 2.31. The lowest BCUT2D eigenvalue weighted by Gasteiger charge is -2.10. The van der Waals surface area contributed by atoms with Crippen LogP contribution in [0.5, 0.6) is 0 Å². The monoisotopic (exact) mass is 341 g/mol. The number of hydrogen-bond donors (Lipinski definition) is 1. The van der Waals surface area contributed by atoms with Gasteiger partial charge in [0.05, 0.1) is 11.2 Å². The van der Waals surface area contributed by atoms with Crippen molar-refractivity contribution in [2.45, 2.75) is 6.92 Å². The summed E-state index contributed by atoms with van der Waals surface area (Å²) in [5.74, 6) is 0.0931. The predicted molar refractivity (Wildman–Crippen MR) is 98.8 cm³/mol. The maximum atomic E-state index is 9.31. The minimum Gasteiger partial charge on any atom is -0.381 e. The summed E-state index contributed by atoms with van der Waals surface area (Å²) in [4.78, 5) is 13.3. The third-order valence-electron chi connectivity index (χ3n) is 4.22. The van der Waals surface area contributed by atoms with E-state index in [1.54, 1.807) is 10.9 Å². The third-order valence-corrected chi connectivity index (χ3v) is 4.22. The largest absolute Gasteiger partial charge is 0.381 e. The van der Waals surface area contributed by atoms with Crippen molar-refractivity contribution in [3.8, 4) is 28.7 Å². The van der Waals surface area contributed by atoms with Crippen molar-refractivity contribution in [1.82, 2.24) is 24.7 Å². The van der Waals surface area contributed by atoms with Gasteiger partial charge in [0.1, 0.15) is 17.5 Å². The predicted octanol–water partition coefficient (Wildman–Crippen LogP) is 2.85. The molecule has 2 N–H and O–H groups in total. The second kappa shape index (κ2) is 5.93. The molecule has 0 aliphatic heterocycles. The zero-order valence-electron chi connectivity index (χ0n) is 14.3. The topological polar surface area (TPSA) is 106 Å². The number of rotatable bonds is 2. The number of nitrogens with zero attached hydrogens (tertiary/aromatic N) is 6. The Morgan fingerprint density at radius 1 is 1.12 bits per heavy atom. The van der Waals surface area contributed by atoms with E-state index >= 15 is 0 Å². The third kappa shape index (κ3) is 2.54. The van der Waals surface area contributed by atoms with Crippen LogP contribution in [0.25, 0.3) is 33.5 Å². The molecule has 26 heavy (non-hydrogen) atoms. The van der Waals surface area contributed by atoms with Crippen molar-refractivity contribution in [2.24, 2.45) is 7.05 Å². The summed E-state index contributed by atoms with van der Waals surface area (Å²) < 4.78 is 1.68. The van der Waals surface area contributed by atoms with E-state index in [0.29, 0.717) is 17.1 Å². The van der Waals surface area contributed by atoms with Crippen LogP contribution in [0.2, 0.25) is 0 Å². The molecule has 0 spiro atoms. The Morgan fingerprint density at radius 3 is 2.69 bits per heavy atom. The lowest BCUT2D eigenvalue weighted by molar-refractivity contribution is 0.770. The average molecular weight is 341 g/mol. The number of nitriles is 1. The Morgan fingerprint density at radius 2 is 1.96 bits per heavy atom. The number of fused-ring (bicyclic) bond motifs is 1. The number of anilines is 1. The van der Waals surface area contributed by atoms with Crippen LogP contribution in [0.4, 0.5) is 5.82 Å². The van der Waals surface area contributed by atoms with E-state index < -0.39 is 0 Å². The van der Waals surface area contributed by atoms with E-state index in [0.717, 1.165) is 22.0 Å². The molecular weight excluding hydrogens is 326 g/mol. The zero-order chi connectivity index (χ0) is 18.3. The molecule has 3 aromatic heterocycles. The summed E-state index contributed by atoms with van der Waals surface area (Å²) in [6.45, 7) is 2.03. The lowest BCUT2D eigenvalue weighted by atomic mass is 10.0. The van der Waals surface area contributed by atoms with E-state index in [9.17, 15) is 5.26 Å². The van der Waals surface area contributed by atoms with Crippen LogP contribution < -0.4 is 5.73 Å². The SMILES string of the molecule is Cc1ccnc2ccc(-c3nc(C#N)c(N)nc3-c3ccn(C)n3)cc12. The number of aryl methyl sites for hydroxylation is 2. The molecule has 0 atom stereocenters. The van der Waals surface area contributed by atoms with Crippen LogP contribution in [0, 0.1) is 18.3 Å². The van der Waals surface area contributed by atoms with Gasteiger partial charge in [-0.15, -0.1) is 0 Å². The van der Waals surface area contributed by atoms with Gasteiger partial charge in [0.25, 0.3) is 0 Å². The zero-order valence-corrected chi connectivity index (χ0v) is 14.3. The van der Waals surface area contributed by atoms with Gasteiger partial charge < -0.3 is 5.73 Å². The highest BCUT2D eigenvalue weighted by Gasteiger charge is 2.17. The second-order valence-corrected chi connectivity index (χ2v) is 6.00. The molecule has 0 saturated heterocycles. The number of benzene rings is 1. The number of aromatic nitrogens is 5. The molecule has 0 saturated carbocycles. The summed E-state index contributed by atoms with van der Waals surface area (Å²) in [6, 6.07) is 11.7. The minimum atomic E-state index is 0.0931. The van der Waals surface area contributed by atoms with Crippen molar-refractivity contribution in [3.05, 3.63) is 54.0 Å². The number of hydrogen-bond acceptors (Lipinski definition) is 6. The molecule has 0 fully saturated rings. The van der Waals surface area contributed by atoms with Crippen molar-refractivity contribution in [1.29, 1.82) is 5.26 Å².